The van der Waals surface area contributed by atoms with Crippen LogP contribution < -0.4 is 4.74 Å². The molecule has 0 saturated carbocycles. The van der Waals surface area contributed by atoms with Crippen molar-refractivity contribution in [3.63, 3.8) is 0 Å². The van der Waals surface area contributed by atoms with Crippen molar-refractivity contribution in [3.8, 4) is 11.5 Å². The number of rotatable bonds is 5. The lowest BCUT2D eigenvalue weighted by atomic mass is 10.1. The second-order valence-electron chi connectivity index (χ2n) is 6.95. The fourth-order valence-electron chi connectivity index (χ4n) is 3.14. The molecule has 1 aliphatic rings. The molecule has 2 aromatic carbocycles. The van der Waals surface area contributed by atoms with Gasteiger partial charge in [0.1, 0.15) is 11.5 Å². The highest BCUT2D eigenvalue weighted by atomic mass is 16.5. The number of ketones is 1. The van der Waals surface area contributed by atoms with Crippen LogP contribution in [0.25, 0.3) is 0 Å². The molecule has 0 bridgehead atoms. The van der Waals surface area contributed by atoms with Gasteiger partial charge in [-0.3, -0.25) is 9.69 Å². The molecule has 1 heterocycles. The van der Waals surface area contributed by atoms with Gasteiger partial charge in [-0.05, 0) is 68.4 Å². The fraction of sp³-hybridized carbons (Fsp3) is 0.381. The molecule has 1 saturated heterocycles. The van der Waals surface area contributed by atoms with Crippen molar-refractivity contribution in [2.75, 3.05) is 39.8 Å². The maximum absolute atomic E-state index is 12.5. The van der Waals surface area contributed by atoms with E-state index in [0.29, 0.717) is 6.54 Å². The molecule has 2 aromatic rings. The number of ether oxygens (including phenoxy) is 1. The van der Waals surface area contributed by atoms with Crippen LogP contribution in [0.2, 0.25) is 0 Å². The van der Waals surface area contributed by atoms with Gasteiger partial charge in [0.05, 0.1) is 6.54 Å². The molecular weight excluding hydrogens is 312 g/mol. The molecule has 0 radical (unpaired) electrons. The van der Waals surface area contributed by atoms with E-state index < -0.39 is 0 Å². The molecular formula is C21H26N2O2. The number of hydrogen-bond acceptors (Lipinski definition) is 4. The summed E-state index contributed by atoms with van der Waals surface area (Å²) in [6.07, 6.45) is 0. The van der Waals surface area contributed by atoms with E-state index in [1.54, 1.807) is 0 Å². The standard InChI is InChI=1S/C21H26N2O2/c1-16-12-17(2)14-20(13-16)25-19-6-4-18(5-7-19)21(24)15-23-10-8-22(3)9-11-23/h4-7,12-14H,8-11,15H2,1-3H3. The van der Waals surface area contributed by atoms with Crippen molar-refractivity contribution in [3.05, 3.63) is 59.2 Å². The van der Waals surface area contributed by atoms with E-state index in [1.807, 2.05) is 36.4 Å². The Bertz CT molecular complexity index is 712. The Balaban J connectivity index is 1.60. The summed E-state index contributed by atoms with van der Waals surface area (Å²) in [5.74, 6) is 1.75. The Morgan fingerprint density at radius 3 is 2.12 bits per heavy atom. The highest BCUT2D eigenvalue weighted by Crippen LogP contribution is 2.24. The number of hydrogen-bond donors (Lipinski definition) is 0. The monoisotopic (exact) mass is 338 g/mol. The third-order valence-corrected chi connectivity index (χ3v) is 4.57. The molecule has 3 rings (SSSR count). The molecule has 132 valence electrons. The summed E-state index contributed by atoms with van der Waals surface area (Å²) in [7, 11) is 2.12. The topological polar surface area (TPSA) is 32.8 Å². The van der Waals surface area contributed by atoms with Crippen LogP contribution in [0.15, 0.2) is 42.5 Å². The quantitative estimate of drug-likeness (QED) is 0.781. The largest absolute Gasteiger partial charge is 0.457 e. The summed E-state index contributed by atoms with van der Waals surface area (Å²) in [5.41, 5.74) is 3.09. The first-order chi connectivity index (χ1) is 12.0. The van der Waals surface area contributed by atoms with Gasteiger partial charge in [-0.1, -0.05) is 6.07 Å². The molecule has 0 unspecified atom stereocenters. The molecule has 25 heavy (non-hydrogen) atoms. The van der Waals surface area contributed by atoms with Gasteiger partial charge in [-0.15, -0.1) is 0 Å². The zero-order valence-corrected chi connectivity index (χ0v) is 15.3. The molecule has 0 amide bonds. The van der Waals surface area contributed by atoms with E-state index in [9.17, 15) is 4.79 Å². The first kappa shape index (κ1) is 17.6. The average Bonchev–Trinajstić information content (AvgIpc) is 2.56. The highest BCUT2D eigenvalue weighted by Gasteiger charge is 2.17. The third-order valence-electron chi connectivity index (χ3n) is 4.57. The predicted octanol–water partition coefficient (Wildman–Crippen LogP) is 3.53. The van der Waals surface area contributed by atoms with Crippen molar-refractivity contribution in [1.29, 1.82) is 0 Å². The minimum absolute atomic E-state index is 0.169. The molecule has 0 N–H and O–H groups in total. The van der Waals surface area contributed by atoms with Crippen LogP contribution in [-0.4, -0.2) is 55.4 Å². The number of nitrogens with zero attached hydrogens (tertiary/aromatic N) is 2. The van der Waals surface area contributed by atoms with Gasteiger partial charge in [-0.25, -0.2) is 0 Å². The van der Waals surface area contributed by atoms with Gasteiger partial charge in [0, 0.05) is 31.7 Å². The summed E-state index contributed by atoms with van der Waals surface area (Å²) >= 11 is 0. The van der Waals surface area contributed by atoms with Gasteiger partial charge in [0.15, 0.2) is 5.78 Å². The second kappa shape index (κ2) is 7.81. The number of benzene rings is 2. The van der Waals surface area contributed by atoms with E-state index >= 15 is 0 Å². The summed E-state index contributed by atoms with van der Waals surface area (Å²) < 4.78 is 5.91. The van der Waals surface area contributed by atoms with Crippen molar-refractivity contribution in [2.45, 2.75) is 13.8 Å². The Hall–Kier alpha value is -2.17. The minimum atomic E-state index is 0.169. The Labute approximate surface area is 150 Å². The summed E-state index contributed by atoms with van der Waals surface area (Å²) in [6.45, 7) is 8.56. The van der Waals surface area contributed by atoms with Crippen LogP contribution in [0.3, 0.4) is 0 Å². The highest BCUT2D eigenvalue weighted by molar-refractivity contribution is 5.97. The number of carbonyl (C=O) groups excluding carboxylic acids is 1. The Morgan fingerprint density at radius 2 is 1.52 bits per heavy atom. The average molecular weight is 338 g/mol. The molecule has 0 atom stereocenters. The molecule has 1 aliphatic heterocycles. The smallest absolute Gasteiger partial charge is 0.176 e. The summed E-state index contributed by atoms with van der Waals surface area (Å²) in [6, 6.07) is 13.6. The van der Waals surface area contributed by atoms with Gasteiger partial charge < -0.3 is 9.64 Å². The molecule has 1 fully saturated rings. The van der Waals surface area contributed by atoms with E-state index in [4.69, 9.17) is 4.74 Å². The van der Waals surface area contributed by atoms with Gasteiger partial charge in [-0.2, -0.15) is 0 Å². The first-order valence-corrected chi connectivity index (χ1v) is 8.80. The Kier molecular flexibility index (Phi) is 5.51. The van der Waals surface area contributed by atoms with Crippen molar-refractivity contribution in [2.24, 2.45) is 0 Å². The van der Waals surface area contributed by atoms with E-state index in [2.05, 4.69) is 36.8 Å². The fourth-order valence-corrected chi connectivity index (χ4v) is 3.14. The lowest BCUT2D eigenvalue weighted by Gasteiger charge is -2.31. The van der Waals surface area contributed by atoms with Gasteiger partial charge >= 0.3 is 0 Å². The van der Waals surface area contributed by atoms with Crippen LogP contribution in [0.4, 0.5) is 0 Å². The van der Waals surface area contributed by atoms with E-state index in [-0.39, 0.29) is 5.78 Å². The molecule has 4 nitrogen and oxygen atoms in total. The normalized spacial score (nSPS) is 16.0. The second-order valence-corrected chi connectivity index (χ2v) is 6.95. The van der Waals surface area contributed by atoms with Crippen LogP contribution in [-0.2, 0) is 0 Å². The lowest BCUT2D eigenvalue weighted by molar-refractivity contribution is 0.0876. The Morgan fingerprint density at radius 1 is 0.920 bits per heavy atom. The zero-order valence-electron chi connectivity index (χ0n) is 15.3. The maximum Gasteiger partial charge on any atom is 0.176 e. The first-order valence-electron chi connectivity index (χ1n) is 8.80. The van der Waals surface area contributed by atoms with Crippen molar-refractivity contribution >= 4 is 5.78 Å². The molecule has 4 heteroatoms. The lowest BCUT2D eigenvalue weighted by Crippen LogP contribution is -2.46. The van der Waals surface area contributed by atoms with Crippen molar-refractivity contribution < 1.29 is 9.53 Å². The minimum Gasteiger partial charge on any atom is -0.457 e. The zero-order chi connectivity index (χ0) is 17.8. The SMILES string of the molecule is Cc1cc(C)cc(Oc2ccc(C(=O)CN3CCN(C)CC3)cc2)c1. The third kappa shape index (κ3) is 4.91. The van der Waals surface area contributed by atoms with Gasteiger partial charge in [0.25, 0.3) is 0 Å². The van der Waals surface area contributed by atoms with Gasteiger partial charge in [0.2, 0.25) is 0 Å². The van der Waals surface area contributed by atoms with Crippen molar-refractivity contribution in [1.82, 2.24) is 9.80 Å². The van der Waals surface area contributed by atoms with Crippen LogP contribution in [0.1, 0.15) is 21.5 Å². The number of likely N-dealkylation sites (N-methyl/N-ethyl adjacent to an activating group) is 1. The van der Waals surface area contributed by atoms with Crippen LogP contribution >= 0.6 is 0 Å². The molecule has 0 aliphatic carbocycles. The molecule has 0 aromatic heterocycles. The van der Waals surface area contributed by atoms with Crippen LogP contribution in [0.5, 0.6) is 11.5 Å². The predicted molar refractivity (Wildman–Crippen MR) is 101 cm³/mol. The summed E-state index contributed by atoms with van der Waals surface area (Å²) in [4.78, 5) is 17.0. The maximum atomic E-state index is 12.5. The molecule has 0 spiro atoms. The number of piperazine rings is 1. The number of aryl methyl sites for hydroxylation is 2. The number of carbonyl (C=O) groups is 1. The summed E-state index contributed by atoms with van der Waals surface area (Å²) in [5, 5.41) is 0. The number of Topliss-reactive ketones (excluding diaryl/α,β-unsaturated/α-hetero) is 1. The van der Waals surface area contributed by atoms with Crippen LogP contribution in [0, 0.1) is 13.8 Å². The van der Waals surface area contributed by atoms with E-state index in [0.717, 1.165) is 43.2 Å². The van der Waals surface area contributed by atoms with E-state index in [1.165, 1.54) is 11.1 Å².